The number of aliphatic imine (C=N–C) groups is 3. The zero-order chi connectivity index (χ0) is 78.8. The number of hydrogen-bond acceptors (Lipinski definition) is 20. The van der Waals surface area contributed by atoms with Gasteiger partial charge in [0.15, 0.2) is 17.9 Å². The van der Waals surface area contributed by atoms with Gasteiger partial charge >= 0.3 is 0 Å². The first kappa shape index (κ1) is 89.4. The van der Waals surface area contributed by atoms with Gasteiger partial charge in [0.1, 0.15) is 60.4 Å². The number of nitrogens with two attached hydrogens (primary N) is 10. The third kappa shape index (κ3) is 34.2. The fraction of sp³-hybridized carbons (Fsp3) is 0.582. The van der Waals surface area contributed by atoms with Gasteiger partial charge in [-0.05, 0) is 141 Å². The number of hydrogen-bond donors (Lipinski definition) is 22. The summed E-state index contributed by atoms with van der Waals surface area (Å²) in [6, 6.07) is 2.96. The number of aliphatic hydroxyl groups excluding tert-OH is 1. The Kier molecular flexibility index (Phi) is 40.7. The van der Waals surface area contributed by atoms with Crippen molar-refractivity contribution in [2.75, 3.05) is 52.4 Å². The molecule has 106 heavy (non-hydrogen) atoms. The van der Waals surface area contributed by atoms with Gasteiger partial charge in [-0.25, -0.2) is 0 Å². The van der Waals surface area contributed by atoms with Crippen LogP contribution < -0.4 is 116 Å². The number of likely N-dealkylation sites (tertiary alicyclic amines) is 1. The Morgan fingerprint density at radius 3 is 1.31 bits per heavy atom. The van der Waals surface area contributed by atoms with Gasteiger partial charge < -0.3 is 126 Å². The Morgan fingerprint density at radius 1 is 0.453 bits per heavy atom. The molecule has 0 spiro atoms. The molecule has 2 aromatic rings. The van der Waals surface area contributed by atoms with E-state index in [0.29, 0.717) is 44.2 Å². The Labute approximate surface area is 615 Å². The maximum Gasteiger partial charge on any atom is 0.245 e. The molecule has 588 valence electrons. The quantitative estimate of drug-likeness (QED) is 0.0166. The van der Waals surface area contributed by atoms with Crippen LogP contribution in [0.3, 0.4) is 0 Å². The zero-order valence-corrected chi connectivity index (χ0v) is 60.5. The molecule has 1 fully saturated rings. The minimum atomic E-state index is -1.76. The second-order valence-electron chi connectivity index (χ2n) is 25.6. The maximum atomic E-state index is 14.6. The molecule has 13 amide bonds. The molecule has 12 atom stereocenters. The first-order valence-corrected chi connectivity index (χ1v) is 35.3. The van der Waals surface area contributed by atoms with Crippen LogP contribution in [-0.2, 0) is 75.2 Å². The van der Waals surface area contributed by atoms with E-state index in [0.717, 1.165) is 5.56 Å². The fourth-order valence-corrected chi connectivity index (χ4v) is 11.0. The summed E-state index contributed by atoms with van der Waals surface area (Å²) in [4.78, 5) is 191. The number of amides is 13. The largest absolute Gasteiger partial charge is 0.391 e. The molecule has 1 saturated heterocycles. The van der Waals surface area contributed by atoms with Crippen molar-refractivity contribution in [2.24, 2.45) is 72.3 Å². The van der Waals surface area contributed by atoms with Gasteiger partial charge in [-0.3, -0.25) is 77.3 Å². The molecule has 1 aliphatic rings. The second-order valence-corrected chi connectivity index (χ2v) is 25.6. The summed E-state index contributed by atoms with van der Waals surface area (Å²) in [5.74, 6) is -11.4. The molecular weight excluding hydrogens is 1380 g/mol. The van der Waals surface area contributed by atoms with E-state index in [1.165, 1.54) is 25.7 Å². The van der Waals surface area contributed by atoms with E-state index in [2.05, 4.69) is 73.5 Å². The van der Waals surface area contributed by atoms with Crippen molar-refractivity contribution in [3.05, 3.63) is 71.8 Å². The van der Waals surface area contributed by atoms with Gasteiger partial charge in [-0.15, -0.1) is 0 Å². The number of aliphatic hydroxyl groups is 1. The first-order chi connectivity index (χ1) is 50.3. The Balaban J connectivity index is 1.76. The van der Waals surface area contributed by atoms with E-state index < -0.39 is 162 Å². The Bertz CT molecular complexity index is 3300. The minimum Gasteiger partial charge on any atom is -0.391 e. The SMILES string of the molecule is C[C@H](NC(=O)CNC(=O)[C@@H](NC(=O)[C@H](Cc1ccccc1)NC(=O)[C@H](CCCN=C(N)N)NC(=O)CNC(=O)[C@@H](N)Cc1ccccc1)[C@@H](C)O)C(=O)N[C@@H](CCCN=C(N)N)C(=O)N[C@@H](CCCCN)C(=O)N1CCC[C@@H]1C(=O)N[C@@H](C)C(=O)N[C@@H](CCCN=C(N)N)C(=O)N[C@@H](CCCCN)C(N)=O. The lowest BCUT2D eigenvalue weighted by atomic mass is 10.0. The average molecular weight is 1490 g/mol. The van der Waals surface area contributed by atoms with Gasteiger partial charge in [0.2, 0.25) is 76.8 Å². The number of benzene rings is 2. The van der Waals surface area contributed by atoms with Crippen LogP contribution in [0.15, 0.2) is 75.6 Å². The molecule has 1 aliphatic heterocycles. The number of nitrogens with zero attached hydrogens (tertiary/aromatic N) is 4. The van der Waals surface area contributed by atoms with E-state index in [4.69, 9.17) is 57.3 Å². The molecule has 39 nitrogen and oxygen atoms in total. The van der Waals surface area contributed by atoms with Gasteiger partial charge in [-0.1, -0.05) is 60.7 Å². The smallest absolute Gasteiger partial charge is 0.245 e. The number of primary amides is 1. The molecule has 39 heteroatoms. The summed E-state index contributed by atoms with van der Waals surface area (Å²) < 4.78 is 0. The Hall–Kier alpha value is -10.8. The van der Waals surface area contributed by atoms with E-state index in [1.807, 2.05) is 0 Å². The molecule has 0 aromatic heterocycles. The highest BCUT2D eigenvalue weighted by Crippen LogP contribution is 2.21. The number of unbranched alkanes of at least 4 members (excludes halogenated alkanes) is 2. The van der Waals surface area contributed by atoms with E-state index in [-0.39, 0.29) is 121 Å². The number of rotatable bonds is 49. The highest BCUT2D eigenvalue weighted by atomic mass is 16.3. The van der Waals surface area contributed by atoms with Crippen molar-refractivity contribution in [3.63, 3.8) is 0 Å². The van der Waals surface area contributed by atoms with Crippen molar-refractivity contribution < 1.29 is 67.4 Å². The lowest BCUT2D eigenvalue weighted by molar-refractivity contribution is -0.142. The molecule has 0 unspecified atom stereocenters. The summed E-state index contributed by atoms with van der Waals surface area (Å²) in [7, 11) is 0. The highest BCUT2D eigenvalue weighted by Gasteiger charge is 2.40. The van der Waals surface area contributed by atoms with Crippen LogP contribution in [0.1, 0.15) is 122 Å². The first-order valence-electron chi connectivity index (χ1n) is 35.3. The standard InChI is InChI=1S/C67H111N25O14/c1-38(83-51(94)36-82-63(105)53(40(3)93)91-61(103)49(35-42-20-8-5-9-21-42)90-58(100)45(24-14-30-78-65(72)73)85-52(95)37-81-57(99)43(70)34-41-18-6-4-7-19-41)55(97)87-47(26-16-32-80-67(76)77)60(102)89-48(23-11-13-29-69)64(106)92-33-17-27-50(92)62(104)84-39(2)56(98)88-46(25-15-31-79-66(74)75)59(101)86-44(54(71)96)22-10-12-28-68/h4-9,18-21,38-40,43-50,53,93H,10-17,22-37,68-70H2,1-3H3,(H2,71,96)(H,81,99)(H,82,105)(H,83,94)(H,84,104)(H,85,95)(H,86,101)(H,87,97)(H,88,98)(H,89,102)(H,90,100)(H,91,103)(H4,72,73,78)(H4,74,75,79)(H4,76,77,80)/t38-,39-,40+,43-,44-,45-,46-,47-,48-,49-,50+,53-/m0/s1. The monoisotopic (exact) mass is 1490 g/mol. The summed E-state index contributed by atoms with van der Waals surface area (Å²) in [5, 5.41) is 38.8. The van der Waals surface area contributed by atoms with Crippen LogP contribution >= 0.6 is 0 Å². The van der Waals surface area contributed by atoms with Crippen LogP contribution in [0.5, 0.6) is 0 Å². The average Bonchev–Trinajstić information content (AvgIpc) is 1.61. The third-order valence-corrected chi connectivity index (χ3v) is 16.7. The molecule has 0 radical (unpaired) electrons. The minimum absolute atomic E-state index is 0.00181. The normalized spacial score (nSPS) is 15.5. The zero-order valence-electron chi connectivity index (χ0n) is 60.5. The van der Waals surface area contributed by atoms with Crippen LogP contribution in [0.2, 0.25) is 0 Å². The van der Waals surface area contributed by atoms with Crippen LogP contribution in [-0.4, -0.2) is 230 Å². The molecule has 0 bridgehead atoms. The van der Waals surface area contributed by atoms with Crippen molar-refractivity contribution in [1.29, 1.82) is 0 Å². The molecule has 3 rings (SSSR count). The number of carbonyl (C=O) groups is 13. The van der Waals surface area contributed by atoms with Crippen molar-refractivity contribution >= 4 is 94.7 Å². The van der Waals surface area contributed by atoms with Gasteiger partial charge in [0.05, 0.1) is 25.2 Å². The Morgan fingerprint density at radius 2 is 0.849 bits per heavy atom. The summed E-state index contributed by atoms with van der Waals surface area (Å²) in [6.45, 7) is 3.20. The van der Waals surface area contributed by atoms with Crippen molar-refractivity contribution in [2.45, 2.75) is 196 Å². The van der Waals surface area contributed by atoms with Crippen molar-refractivity contribution in [1.82, 2.24) is 63.4 Å². The van der Waals surface area contributed by atoms with Crippen LogP contribution in [0, 0.1) is 0 Å². The van der Waals surface area contributed by atoms with Gasteiger partial charge in [-0.2, -0.15) is 0 Å². The second kappa shape index (κ2) is 48.3. The number of carbonyl (C=O) groups excluding carboxylic acids is 13. The van der Waals surface area contributed by atoms with E-state index in [9.17, 15) is 67.4 Å². The lowest BCUT2D eigenvalue weighted by Crippen LogP contribution is -2.60. The third-order valence-electron chi connectivity index (χ3n) is 16.7. The fourth-order valence-electron chi connectivity index (χ4n) is 11.0. The van der Waals surface area contributed by atoms with E-state index in [1.54, 1.807) is 60.7 Å². The predicted octanol–water partition coefficient (Wildman–Crippen LogP) is -8.29. The van der Waals surface area contributed by atoms with E-state index >= 15 is 0 Å². The van der Waals surface area contributed by atoms with Crippen molar-refractivity contribution in [3.8, 4) is 0 Å². The van der Waals surface area contributed by atoms with Crippen LogP contribution in [0.25, 0.3) is 0 Å². The van der Waals surface area contributed by atoms with Gasteiger partial charge in [0.25, 0.3) is 0 Å². The lowest BCUT2D eigenvalue weighted by Gasteiger charge is -2.30. The molecule has 0 aliphatic carbocycles. The summed E-state index contributed by atoms with van der Waals surface area (Å²) in [6.07, 6.45) is 1.22. The van der Waals surface area contributed by atoms with Gasteiger partial charge in [0, 0.05) is 32.6 Å². The molecule has 2 aromatic carbocycles. The summed E-state index contributed by atoms with van der Waals surface area (Å²) >= 11 is 0. The number of guanidine groups is 3. The topological polar surface area (TPSA) is 675 Å². The molecule has 32 N–H and O–H groups in total. The highest BCUT2D eigenvalue weighted by molar-refractivity contribution is 5.99. The maximum absolute atomic E-state index is 14.6. The number of nitrogens with one attached hydrogen (secondary N) is 11. The van der Waals surface area contributed by atoms with Crippen LogP contribution in [0.4, 0.5) is 0 Å². The predicted molar refractivity (Wildman–Crippen MR) is 394 cm³/mol. The molecule has 1 heterocycles. The molecular formula is C67H111N25O14. The summed E-state index contributed by atoms with van der Waals surface area (Å²) in [5.41, 5.74) is 57.4. The molecule has 0 saturated carbocycles.